The number of hydrogen-bond acceptors (Lipinski definition) is 6. The van der Waals surface area contributed by atoms with Gasteiger partial charge in [-0.1, -0.05) is 25.1 Å². The fraction of sp³-hybridized carbons (Fsp3) is 0.312. The summed E-state index contributed by atoms with van der Waals surface area (Å²) in [5.74, 6) is 0.368. The molecule has 0 aromatic heterocycles. The highest BCUT2D eigenvalue weighted by molar-refractivity contribution is 6.00. The number of hydrogen-bond donors (Lipinski definition) is 2. The second kappa shape index (κ2) is 8.57. The third-order valence-electron chi connectivity index (χ3n) is 3.10. The van der Waals surface area contributed by atoms with Crippen molar-refractivity contribution < 1.29 is 10.0 Å². The predicted molar refractivity (Wildman–Crippen MR) is 90.6 cm³/mol. The van der Waals surface area contributed by atoms with Crippen molar-refractivity contribution >= 4 is 5.71 Å². The van der Waals surface area contributed by atoms with E-state index in [4.69, 9.17) is 0 Å². The third kappa shape index (κ3) is 4.84. The Morgan fingerprint density at radius 3 is 2.65 bits per heavy atom. The maximum Gasteiger partial charge on any atom is 0.310 e. The van der Waals surface area contributed by atoms with Gasteiger partial charge in [0.2, 0.25) is 5.82 Å². The Morgan fingerprint density at radius 1 is 1.48 bits per heavy atom. The highest BCUT2D eigenvalue weighted by Gasteiger charge is 2.18. The summed E-state index contributed by atoms with van der Waals surface area (Å²) in [6.07, 6.45) is 3.86. The van der Waals surface area contributed by atoms with E-state index in [0.717, 1.165) is 0 Å². The van der Waals surface area contributed by atoms with Crippen LogP contribution in [0.4, 0.5) is 0 Å². The van der Waals surface area contributed by atoms with Gasteiger partial charge >= 0.3 is 5.70 Å². The molecule has 0 saturated carbocycles. The van der Waals surface area contributed by atoms with E-state index in [1.165, 1.54) is 11.1 Å². The number of nitro groups is 1. The Kier molecular flexibility index (Phi) is 6.79. The minimum atomic E-state index is -0.459. The molecule has 0 atom stereocenters. The van der Waals surface area contributed by atoms with Crippen LogP contribution in [0.25, 0.3) is 0 Å². The van der Waals surface area contributed by atoms with Gasteiger partial charge in [0.25, 0.3) is 0 Å². The Hall–Kier alpha value is -2.83. The van der Waals surface area contributed by atoms with Crippen LogP contribution in [-0.2, 0) is 0 Å². The van der Waals surface area contributed by atoms with Gasteiger partial charge in [-0.05, 0) is 25.5 Å². The summed E-state index contributed by atoms with van der Waals surface area (Å²) >= 11 is 0. The number of nitrogens with one attached hydrogen (secondary N) is 1. The number of rotatable bonds is 7. The van der Waals surface area contributed by atoms with Crippen molar-refractivity contribution in [3.63, 3.8) is 0 Å². The van der Waals surface area contributed by atoms with Crippen LogP contribution >= 0.6 is 0 Å². The van der Waals surface area contributed by atoms with Gasteiger partial charge in [-0.3, -0.25) is 10.1 Å². The van der Waals surface area contributed by atoms with Crippen LogP contribution < -0.4 is 5.32 Å². The zero-order valence-corrected chi connectivity index (χ0v) is 13.8. The van der Waals surface area contributed by atoms with Crippen LogP contribution in [0, 0.1) is 10.1 Å². The van der Waals surface area contributed by atoms with Crippen molar-refractivity contribution in [2.24, 2.45) is 5.10 Å². The lowest BCUT2D eigenvalue weighted by Gasteiger charge is -2.17. The van der Waals surface area contributed by atoms with Crippen LogP contribution in [0.3, 0.4) is 0 Å². The van der Waals surface area contributed by atoms with Crippen molar-refractivity contribution in [1.82, 2.24) is 10.3 Å². The molecule has 2 N–H and O–H groups in total. The second-order valence-corrected chi connectivity index (χ2v) is 4.78. The fourth-order valence-electron chi connectivity index (χ4n) is 2.02. The molecular weight excluding hydrogens is 296 g/mol. The molecule has 0 aliphatic heterocycles. The number of phenolic OH excluding ortho intramolecular Hbond substituents is 1. The number of benzene rings is 1. The summed E-state index contributed by atoms with van der Waals surface area (Å²) < 4.78 is 0. The van der Waals surface area contributed by atoms with Gasteiger partial charge in [0, 0.05) is 25.7 Å². The van der Waals surface area contributed by atoms with Gasteiger partial charge in [0.15, 0.2) is 0 Å². The monoisotopic (exact) mass is 318 g/mol. The largest absolute Gasteiger partial charge is 0.507 e. The molecule has 0 amide bonds. The molecule has 0 saturated heterocycles. The van der Waals surface area contributed by atoms with E-state index in [1.54, 1.807) is 51.4 Å². The zero-order chi connectivity index (χ0) is 17.4. The van der Waals surface area contributed by atoms with E-state index in [0.29, 0.717) is 17.7 Å². The summed E-state index contributed by atoms with van der Waals surface area (Å²) in [5, 5.41) is 29.6. The molecule has 0 heterocycles. The zero-order valence-electron chi connectivity index (χ0n) is 13.8. The van der Waals surface area contributed by atoms with E-state index in [-0.39, 0.29) is 17.3 Å². The Bertz CT molecular complexity index is 650. The summed E-state index contributed by atoms with van der Waals surface area (Å²) in [5.41, 5.74) is 1.03. The molecule has 0 spiro atoms. The topological polar surface area (TPSA) is 91.0 Å². The molecule has 124 valence electrons. The van der Waals surface area contributed by atoms with Crippen LogP contribution in [-0.4, -0.2) is 34.8 Å². The quantitative estimate of drug-likeness (QED) is 0.349. The molecule has 0 fully saturated rings. The maximum atomic E-state index is 11.3. The average Bonchev–Trinajstić information content (AvgIpc) is 2.51. The van der Waals surface area contributed by atoms with Crippen LogP contribution in [0.2, 0.25) is 0 Å². The highest BCUT2D eigenvalue weighted by Crippen LogP contribution is 2.18. The Morgan fingerprint density at radius 2 is 2.13 bits per heavy atom. The summed E-state index contributed by atoms with van der Waals surface area (Å²) in [4.78, 5) is 10.8. The first kappa shape index (κ1) is 18.2. The first-order valence-corrected chi connectivity index (χ1v) is 7.22. The Labute approximate surface area is 135 Å². The van der Waals surface area contributed by atoms with Crippen molar-refractivity contribution in [2.45, 2.75) is 20.3 Å². The lowest BCUT2D eigenvalue weighted by atomic mass is 10.1. The molecule has 0 unspecified atom stereocenters. The van der Waals surface area contributed by atoms with Crippen LogP contribution in [0.15, 0.2) is 53.0 Å². The van der Waals surface area contributed by atoms with E-state index >= 15 is 0 Å². The SMILES string of the molecule is CC/C=C\C(=C(/NC)N(C)/N=C(\C)c1ccccc1O)[N+](=O)[O-]. The number of phenols is 1. The molecule has 23 heavy (non-hydrogen) atoms. The van der Waals surface area contributed by atoms with E-state index in [1.807, 2.05) is 6.92 Å². The molecule has 0 bridgehead atoms. The normalized spacial score (nSPS) is 13.0. The molecule has 0 aliphatic rings. The van der Waals surface area contributed by atoms with Gasteiger partial charge in [0.05, 0.1) is 10.6 Å². The highest BCUT2D eigenvalue weighted by atomic mass is 16.6. The first-order chi connectivity index (χ1) is 10.9. The smallest absolute Gasteiger partial charge is 0.310 e. The first-order valence-electron chi connectivity index (χ1n) is 7.22. The van der Waals surface area contributed by atoms with E-state index < -0.39 is 4.92 Å². The number of hydrazone groups is 1. The van der Waals surface area contributed by atoms with Gasteiger partial charge < -0.3 is 10.4 Å². The summed E-state index contributed by atoms with van der Waals surface area (Å²) in [6.45, 7) is 3.63. The molecule has 7 heteroatoms. The van der Waals surface area contributed by atoms with Crippen molar-refractivity contribution in [1.29, 1.82) is 0 Å². The number of aromatic hydroxyl groups is 1. The number of allylic oxidation sites excluding steroid dienone is 2. The summed E-state index contributed by atoms with van der Waals surface area (Å²) in [7, 11) is 3.21. The Balaban J connectivity index is 3.25. The van der Waals surface area contributed by atoms with Gasteiger partial charge in [-0.2, -0.15) is 5.10 Å². The van der Waals surface area contributed by atoms with E-state index in [2.05, 4.69) is 10.4 Å². The molecule has 7 nitrogen and oxygen atoms in total. The number of para-hydroxylation sites is 1. The summed E-state index contributed by atoms with van der Waals surface area (Å²) in [6, 6.07) is 6.80. The second-order valence-electron chi connectivity index (χ2n) is 4.78. The van der Waals surface area contributed by atoms with Gasteiger partial charge in [0.1, 0.15) is 5.75 Å². The molecular formula is C16H22N4O3. The molecule has 0 radical (unpaired) electrons. The average molecular weight is 318 g/mol. The van der Waals surface area contributed by atoms with Crippen molar-refractivity contribution in [3.8, 4) is 5.75 Å². The minimum absolute atomic E-state index is 0.0781. The molecule has 1 aromatic rings. The molecule has 0 aliphatic carbocycles. The fourth-order valence-corrected chi connectivity index (χ4v) is 2.02. The van der Waals surface area contributed by atoms with Crippen LogP contribution in [0.5, 0.6) is 5.75 Å². The maximum absolute atomic E-state index is 11.3. The van der Waals surface area contributed by atoms with Crippen molar-refractivity contribution in [3.05, 3.63) is 63.6 Å². The predicted octanol–water partition coefficient (Wildman–Crippen LogP) is 2.68. The molecule has 1 rings (SSSR count). The molecule has 1 aromatic carbocycles. The number of nitrogens with zero attached hydrogens (tertiary/aromatic N) is 3. The third-order valence-corrected chi connectivity index (χ3v) is 3.10. The van der Waals surface area contributed by atoms with E-state index in [9.17, 15) is 15.2 Å². The lowest BCUT2D eigenvalue weighted by Crippen LogP contribution is -2.26. The van der Waals surface area contributed by atoms with Crippen LogP contribution in [0.1, 0.15) is 25.8 Å². The lowest BCUT2D eigenvalue weighted by molar-refractivity contribution is -0.421. The van der Waals surface area contributed by atoms with Gasteiger partial charge in [-0.15, -0.1) is 0 Å². The van der Waals surface area contributed by atoms with Crippen molar-refractivity contribution in [2.75, 3.05) is 14.1 Å². The van der Waals surface area contributed by atoms with Gasteiger partial charge in [-0.25, -0.2) is 5.01 Å². The standard InChI is InChI=1S/C16H22N4O3/c1-5-6-10-14(20(22)23)16(17-3)19(4)18-12(2)13-9-7-8-11-15(13)21/h6-11,17,21H,5H2,1-4H3/b10-6-,16-14-,18-12+. The minimum Gasteiger partial charge on any atom is -0.507 e.